The molecule has 0 aliphatic carbocycles. The highest BCUT2D eigenvalue weighted by Gasteiger charge is 2.21. The van der Waals surface area contributed by atoms with E-state index in [9.17, 15) is 19.2 Å². The molecule has 0 fully saturated rings. The van der Waals surface area contributed by atoms with Gasteiger partial charge in [0.25, 0.3) is 17.6 Å². The Morgan fingerprint density at radius 3 is 2.40 bits per heavy atom. The van der Waals surface area contributed by atoms with Crippen LogP contribution in [-0.2, 0) is 9.59 Å². The first kappa shape index (κ1) is 23.2. The number of Topliss-reactive ketones (excluding diaryl/α,β-unsaturated/α-hetero) is 1. The maximum Gasteiger partial charge on any atom is 0.296 e. The quantitative estimate of drug-likeness (QED) is 0.338. The van der Waals surface area contributed by atoms with E-state index in [0.29, 0.717) is 22.3 Å². The third-order valence-electron chi connectivity index (χ3n) is 4.04. The largest absolute Gasteiger partial charge is 0.346 e. The minimum Gasteiger partial charge on any atom is -0.346 e. The van der Waals surface area contributed by atoms with E-state index in [0.717, 1.165) is 6.54 Å². The van der Waals surface area contributed by atoms with Crippen molar-refractivity contribution >= 4 is 50.8 Å². The highest BCUT2D eigenvalue weighted by atomic mass is 79.9. The van der Waals surface area contributed by atoms with E-state index < -0.39 is 11.7 Å². The SMILES string of the molecule is CC(=O)Nc1ccc(Br)cc1C(=O)C(=O)Nc1cccc(C(=O)NCC[NH+](C)C)c1. The van der Waals surface area contributed by atoms with Crippen molar-refractivity contribution in [2.45, 2.75) is 6.92 Å². The number of likely N-dealkylation sites (N-methyl/N-ethyl adjacent to an activating group) is 1. The molecule has 0 heterocycles. The van der Waals surface area contributed by atoms with Crippen LogP contribution in [0.15, 0.2) is 46.9 Å². The Balaban J connectivity index is 2.13. The van der Waals surface area contributed by atoms with Crippen LogP contribution in [0.2, 0.25) is 0 Å². The van der Waals surface area contributed by atoms with Crippen molar-refractivity contribution in [3.8, 4) is 0 Å². The molecule has 0 spiro atoms. The first-order valence-electron chi connectivity index (χ1n) is 9.27. The molecule has 2 aromatic rings. The number of benzene rings is 2. The normalized spacial score (nSPS) is 10.4. The second-order valence-corrected chi connectivity index (χ2v) is 7.86. The summed E-state index contributed by atoms with van der Waals surface area (Å²) in [6, 6.07) is 11.0. The molecular formula is C21H24BrN4O4+. The van der Waals surface area contributed by atoms with E-state index in [1.54, 1.807) is 24.3 Å². The van der Waals surface area contributed by atoms with Crippen molar-refractivity contribution in [2.75, 3.05) is 37.8 Å². The molecule has 2 aromatic carbocycles. The minimum absolute atomic E-state index is 0.0529. The molecule has 0 bridgehead atoms. The van der Waals surface area contributed by atoms with Crippen LogP contribution in [0.25, 0.3) is 0 Å². The Labute approximate surface area is 183 Å². The lowest BCUT2D eigenvalue weighted by atomic mass is 10.1. The van der Waals surface area contributed by atoms with E-state index >= 15 is 0 Å². The Morgan fingerprint density at radius 2 is 1.73 bits per heavy atom. The van der Waals surface area contributed by atoms with E-state index in [2.05, 4.69) is 31.9 Å². The van der Waals surface area contributed by atoms with Crippen molar-refractivity contribution in [2.24, 2.45) is 0 Å². The van der Waals surface area contributed by atoms with Gasteiger partial charge < -0.3 is 20.9 Å². The summed E-state index contributed by atoms with van der Waals surface area (Å²) in [5.41, 5.74) is 0.977. The Bertz CT molecular complexity index is 975. The molecule has 3 amide bonds. The fourth-order valence-corrected chi connectivity index (χ4v) is 2.94. The summed E-state index contributed by atoms with van der Waals surface area (Å²) < 4.78 is 0.589. The highest BCUT2D eigenvalue weighted by Crippen LogP contribution is 2.22. The smallest absolute Gasteiger partial charge is 0.296 e. The lowest BCUT2D eigenvalue weighted by molar-refractivity contribution is -0.856. The Hall–Kier alpha value is -3.04. The van der Waals surface area contributed by atoms with Gasteiger partial charge in [-0.15, -0.1) is 0 Å². The van der Waals surface area contributed by atoms with Gasteiger partial charge in [-0.1, -0.05) is 22.0 Å². The van der Waals surface area contributed by atoms with Crippen LogP contribution in [-0.4, -0.2) is 50.7 Å². The fraction of sp³-hybridized carbons (Fsp3) is 0.238. The maximum absolute atomic E-state index is 12.7. The van der Waals surface area contributed by atoms with Crippen LogP contribution in [0.5, 0.6) is 0 Å². The molecule has 30 heavy (non-hydrogen) atoms. The van der Waals surface area contributed by atoms with Crippen LogP contribution in [0.3, 0.4) is 0 Å². The monoisotopic (exact) mass is 475 g/mol. The van der Waals surface area contributed by atoms with Gasteiger partial charge in [-0.25, -0.2) is 0 Å². The van der Waals surface area contributed by atoms with Crippen LogP contribution in [0.1, 0.15) is 27.6 Å². The predicted octanol–water partition coefficient (Wildman–Crippen LogP) is 1.10. The topological polar surface area (TPSA) is 109 Å². The lowest BCUT2D eigenvalue weighted by Gasteiger charge is -2.11. The van der Waals surface area contributed by atoms with Crippen molar-refractivity contribution in [3.05, 3.63) is 58.1 Å². The second-order valence-electron chi connectivity index (χ2n) is 6.95. The fourth-order valence-electron chi connectivity index (χ4n) is 2.58. The molecule has 9 heteroatoms. The summed E-state index contributed by atoms with van der Waals surface area (Å²) >= 11 is 3.26. The van der Waals surface area contributed by atoms with Crippen molar-refractivity contribution in [1.29, 1.82) is 0 Å². The van der Waals surface area contributed by atoms with Crippen molar-refractivity contribution in [3.63, 3.8) is 0 Å². The summed E-state index contributed by atoms with van der Waals surface area (Å²) in [6.45, 7) is 2.61. The average molecular weight is 476 g/mol. The van der Waals surface area contributed by atoms with E-state index in [4.69, 9.17) is 0 Å². The zero-order valence-electron chi connectivity index (χ0n) is 17.0. The Morgan fingerprint density at radius 1 is 1.00 bits per heavy atom. The van der Waals surface area contributed by atoms with Gasteiger partial charge in [0.15, 0.2) is 0 Å². The van der Waals surface area contributed by atoms with E-state index in [1.165, 1.54) is 30.0 Å². The third kappa shape index (κ3) is 6.78. The third-order valence-corrected chi connectivity index (χ3v) is 4.53. The molecule has 0 saturated carbocycles. The van der Waals surface area contributed by atoms with Gasteiger partial charge in [0.2, 0.25) is 5.91 Å². The number of hydrogen-bond donors (Lipinski definition) is 4. The molecule has 158 valence electrons. The van der Waals surface area contributed by atoms with Gasteiger partial charge in [0.05, 0.1) is 38.4 Å². The van der Waals surface area contributed by atoms with Crippen LogP contribution in [0.4, 0.5) is 11.4 Å². The molecule has 2 rings (SSSR count). The van der Waals surface area contributed by atoms with Crippen LogP contribution in [0, 0.1) is 0 Å². The minimum atomic E-state index is -0.881. The number of rotatable bonds is 8. The number of halogens is 1. The molecule has 0 unspecified atom stereocenters. The van der Waals surface area contributed by atoms with Gasteiger partial charge in [0.1, 0.15) is 0 Å². The molecule has 0 radical (unpaired) electrons. The molecular weight excluding hydrogens is 452 g/mol. The van der Waals surface area contributed by atoms with Crippen molar-refractivity contribution in [1.82, 2.24) is 5.32 Å². The molecule has 0 aromatic heterocycles. The number of amides is 3. The highest BCUT2D eigenvalue weighted by molar-refractivity contribution is 9.10. The zero-order chi connectivity index (χ0) is 22.3. The zero-order valence-corrected chi connectivity index (χ0v) is 18.6. The molecule has 8 nitrogen and oxygen atoms in total. The summed E-state index contributed by atoms with van der Waals surface area (Å²) in [5, 5.41) is 7.85. The summed E-state index contributed by atoms with van der Waals surface area (Å²) in [4.78, 5) is 50.0. The van der Waals surface area contributed by atoms with E-state index in [1.807, 2.05) is 14.1 Å². The maximum atomic E-state index is 12.7. The first-order valence-corrected chi connectivity index (χ1v) is 10.1. The number of carbonyl (C=O) groups excluding carboxylic acids is 4. The molecule has 4 N–H and O–H groups in total. The second kappa shape index (κ2) is 10.7. The van der Waals surface area contributed by atoms with Crippen molar-refractivity contribution < 1.29 is 24.1 Å². The number of carbonyl (C=O) groups is 4. The molecule has 0 atom stereocenters. The van der Waals surface area contributed by atoms with Gasteiger partial charge >= 0.3 is 0 Å². The Kier molecular flexibility index (Phi) is 8.25. The van der Waals surface area contributed by atoms with Gasteiger partial charge in [0, 0.05) is 22.6 Å². The predicted molar refractivity (Wildman–Crippen MR) is 118 cm³/mol. The summed E-state index contributed by atoms with van der Waals surface area (Å²) in [7, 11) is 3.98. The number of nitrogens with one attached hydrogen (secondary N) is 4. The first-order chi connectivity index (χ1) is 14.2. The number of ketones is 1. The van der Waals surface area contributed by atoms with Crippen LogP contribution >= 0.6 is 15.9 Å². The lowest BCUT2D eigenvalue weighted by Crippen LogP contribution is -3.06. The van der Waals surface area contributed by atoms with Crippen LogP contribution < -0.4 is 20.9 Å². The van der Waals surface area contributed by atoms with Gasteiger partial charge in [-0.05, 0) is 36.4 Å². The van der Waals surface area contributed by atoms with Gasteiger partial charge in [-0.2, -0.15) is 0 Å². The summed E-state index contributed by atoms with van der Waals surface area (Å²) in [5.74, 6) is -2.32. The molecule has 0 saturated heterocycles. The molecule has 0 aliphatic rings. The number of quaternary nitrogens is 1. The van der Waals surface area contributed by atoms with E-state index in [-0.39, 0.29) is 23.1 Å². The number of anilines is 2. The van der Waals surface area contributed by atoms with Gasteiger partial charge in [-0.3, -0.25) is 19.2 Å². The standard InChI is InChI=1S/C21H23BrN4O4/c1-13(27)24-18-8-7-15(22)12-17(18)19(28)21(30)25-16-6-4-5-14(11-16)20(29)23-9-10-26(2)3/h4-8,11-12H,9-10H2,1-3H3,(H,23,29)(H,24,27)(H,25,30)/p+1. The summed E-state index contributed by atoms with van der Waals surface area (Å²) in [6.07, 6.45) is 0. The molecule has 0 aliphatic heterocycles. The average Bonchev–Trinajstić information content (AvgIpc) is 2.68. The number of hydrogen-bond acceptors (Lipinski definition) is 4.